The maximum atomic E-state index is 13.8. The average Bonchev–Trinajstić information content (AvgIpc) is 3.36. The van der Waals surface area contributed by atoms with Crippen LogP contribution in [-0.2, 0) is 24.2 Å². The first-order valence-electron chi connectivity index (χ1n) is 12.5. The minimum absolute atomic E-state index is 0.118. The van der Waals surface area contributed by atoms with Crippen LogP contribution in [0.15, 0.2) is 73.2 Å². The van der Waals surface area contributed by atoms with Crippen molar-refractivity contribution in [3.8, 4) is 5.69 Å². The maximum Gasteiger partial charge on any atom is 0.326 e. The van der Waals surface area contributed by atoms with Crippen molar-refractivity contribution < 1.29 is 19.1 Å². The van der Waals surface area contributed by atoms with Gasteiger partial charge < -0.3 is 20.3 Å². The third-order valence-electron chi connectivity index (χ3n) is 6.41. The van der Waals surface area contributed by atoms with Crippen LogP contribution in [-0.4, -0.2) is 32.6 Å². The number of aryl methyl sites for hydroxylation is 3. The topological polar surface area (TPSA) is 96.3 Å². The zero-order valence-corrected chi connectivity index (χ0v) is 21.7. The fourth-order valence-corrected chi connectivity index (χ4v) is 4.42. The minimum atomic E-state index is -1.13. The largest absolute Gasteiger partial charge is 0.480 e. The summed E-state index contributed by atoms with van der Waals surface area (Å²) in [4.78, 5) is 29.2. The van der Waals surface area contributed by atoms with Gasteiger partial charge in [-0.25, -0.2) is 14.2 Å². The molecule has 1 amide bonds. The summed E-state index contributed by atoms with van der Waals surface area (Å²) in [7, 11) is 0. The van der Waals surface area contributed by atoms with Crippen LogP contribution in [0.2, 0.25) is 0 Å². The number of halogens is 1. The number of carboxylic acids is 1. The predicted octanol–water partition coefficient (Wildman–Crippen LogP) is 5.23. The van der Waals surface area contributed by atoms with Crippen molar-refractivity contribution in [2.75, 3.05) is 5.32 Å². The molecule has 0 bridgehead atoms. The number of carbonyl (C=O) groups excluding carboxylic acids is 1. The van der Waals surface area contributed by atoms with E-state index < -0.39 is 23.7 Å². The smallest absolute Gasteiger partial charge is 0.326 e. The van der Waals surface area contributed by atoms with Crippen molar-refractivity contribution in [3.05, 3.63) is 112 Å². The summed E-state index contributed by atoms with van der Waals surface area (Å²) in [6.45, 7) is 6.13. The Hall–Kier alpha value is -4.46. The summed E-state index contributed by atoms with van der Waals surface area (Å²) >= 11 is 0. The molecule has 0 fully saturated rings. The molecule has 1 unspecified atom stereocenters. The molecule has 0 spiro atoms. The van der Waals surface area contributed by atoms with Gasteiger partial charge in [-0.1, -0.05) is 19.1 Å². The molecule has 1 atom stereocenters. The summed E-state index contributed by atoms with van der Waals surface area (Å²) in [5.74, 6) is -1.24. The van der Waals surface area contributed by atoms with E-state index in [1.165, 1.54) is 12.1 Å². The van der Waals surface area contributed by atoms with Gasteiger partial charge in [0.2, 0.25) is 0 Å². The lowest BCUT2D eigenvalue weighted by molar-refractivity contribution is -0.139. The number of benzene rings is 2. The van der Waals surface area contributed by atoms with Crippen LogP contribution >= 0.6 is 0 Å². The van der Waals surface area contributed by atoms with Crippen molar-refractivity contribution >= 4 is 17.7 Å². The molecule has 7 nitrogen and oxygen atoms in total. The standard InChI is InChI=1S/C30H31FN4O3/c1-4-23-16-24(31)14-20(3)28(23)29(36)34-26(30(37)38)15-21-5-7-25(8-6-21)35-12-10-22(18-35)17-33-27-13-19(2)9-11-32-27/h5-14,16,18,26H,4,15,17H2,1-3H3,(H,32,33)(H,34,36)(H,37,38). The van der Waals surface area contributed by atoms with Gasteiger partial charge in [0.25, 0.3) is 5.91 Å². The lowest BCUT2D eigenvalue weighted by Gasteiger charge is -2.18. The van der Waals surface area contributed by atoms with Gasteiger partial charge in [-0.05, 0) is 90.6 Å². The summed E-state index contributed by atoms with van der Waals surface area (Å²) in [5.41, 5.74) is 5.28. The second-order valence-electron chi connectivity index (χ2n) is 9.34. The van der Waals surface area contributed by atoms with Gasteiger partial charge in [0.15, 0.2) is 0 Å². The Morgan fingerprint density at radius 1 is 1.05 bits per heavy atom. The van der Waals surface area contributed by atoms with Crippen LogP contribution in [0, 0.1) is 19.7 Å². The van der Waals surface area contributed by atoms with Gasteiger partial charge in [-0.2, -0.15) is 0 Å². The van der Waals surface area contributed by atoms with E-state index in [0.717, 1.165) is 28.2 Å². The highest BCUT2D eigenvalue weighted by Crippen LogP contribution is 2.19. The Balaban J connectivity index is 1.41. The first kappa shape index (κ1) is 26.6. The van der Waals surface area contributed by atoms with E-state index in [1.807, 2.05) is 73.3 Å². The van der Waals surface area contributed by atoms with Crippen LogP contribution in [0.5, 0.6) is 0 Å². The molecule has 2 heterocycles. The van der Waals surface area contributed by atoms with E-state index in [4.69, 9.17) is 0 Å². The van der Waals surface area contributed by atoms with Crippen molar-refractivity contribution in [2.45, 2.75) is 46.2 Å². The predicted molar refractivity (Wildman–Crippen MR) is 145 cm³/mol. The van der Waals surface area contributed by atoms with Crippen LogP contribution in [0.4, 0.5) is 10.2 Å². The molecule has 2 aromatic carbocycles. The van der Waals surface area contributed by atoms with E-state index in [-0.39, 0.29) is 6.42 Å². The average molecular weight is 515 g/mol. The van der Waals surface area contributed by atoms with Gasteiger partial charge in [-0.15, -0.1) is 0 Å². The number of aliphatic carboxylic acids is 1. The Kier molecular flexibility index (Phi) is 8.21. The second kappa shape index (κ2) is 11.7. The number of anilines is 1. The molecule has 0 aliphatic rings. The van der Waals surface area contributed by atoms with Crippen LogP contribution in [0.25, 0.3) is 5.69 Å². The number of nitrogens with one attached hydrogen (secondary N) is 2. The fraction of sp³-hybridized carbons (Fsp3) is 0.233. The van der Waals surface area contributed by atoms with E-state index in [2.05, 4.69) is 15.6 Å². The van der Waals surface area contributed by atoms with E-state index >= 15 is 0 Å². The number of pyridine rings is 1. The number of hydrogen-bond donors (Lipinski definition) is 3. The highest BCUT2D eigenvalue weighted by molar-refractivity contribution is 5.99. The fourth-order valence-electron chi connectivity index (χ4n) is 4.42. The molecular weight excluding hydrogens is 483 g/mol. The number of hydrogen-bond acceptors (Lipinski definition) is 4. The zero-order chi connectivity index (χ0) is 27.2. The van der Waals surface area contributed by atoms with Crippen molar-refractivity contribution in [1.82, 2.24) is 14.9 Å². The molecule has 4 aromatic rings. The first-order chi connectivity index (χ1) is 18.2. The molecule has 8 heteroatoms. The van der Waals surface area contributed by atoms with Crippen molar-refractivity contribution in [1.29, 1.82) is 0 Å². The first-order valence-corrected chi connectivity index (χ1v) is 12.5. The molecule has 3 N–H and O–H groups in total. The Morgan fingerprint density at radius 2 is 1.82 bits per heavy atom. The molecule has 0 radical (unpaired) electrons. The molecule has 196 valence electrons. The van der Waals surface area contributed by atoms with Crippen LogP contribution in [0.3, 0.4) is 0 Å². The van der Waals surface area contributed by atoms with Gasteiger partial charge in [0, 0.05) is 42.8 Å². The zero-order valence-electron chi connectivity index (χ0n) is 21.7. The number of aromatic nitrogens is 2. The quantitative estimate of drug-likeness (QED) is 0.269. The lowest BCUT2D eigenvalue weighted by Crippen LogP contribution is -2.42. The molecule has 0 aliphatic heterocycles. The SMILES string of the molecule is CCc1cc(F)cc(C)c1C(=O)NC(Cc1ccc(-n2ccc(CNc3cc(C)ccn3)c2)cc1)C(=O)O. The van der Waals surface area contributed by atoms with Crippen molar-refractivity contribution in [3.63, 3.8) is 0 Å². The minimum Gasteiger partial charge on any atom is -0.480 e. The van der Waals surface area contributed by atoms with Crippen molar-refractivity contribution in [2.24, 2.45) is 0 Å². The molecule has 0 saturated carbocycles. The molecule has 4 rings (SSSR count). The Labute approximate surface area is 221 Å². The number of amides is 1. The third kappa shape index (κ3) is 6.45. The van der Waals surface area contributed by atoms with Crippen LogP contribution < -0.4 is 10.6 Å². The highest BCUT2D eigenvalue weighted by atomic mass is 19.1. The summed E-state index contributed by atoms with van der Waals surface area (Å²) in [5, 5.41) is 15.7. The van der Waals surface area contributed by atoms with E-state index in [0.29, 0.717) is 29.7 Å². The third-order valence-corrected chi connectivity index (χ3v) is 6.41. The van der Waals surface area contributed by atoms with Gasteiger partial charge in [0.05, 0.1) is 0 Å². The van der Waals surface area contributed by atoms with E-state index in [9.17, 15) is 19.1 Å². The molecule has 38 heavy (non-hydrogen) atoms. The lowest BCUT2D eigenvalue weighted by atomic mass is 9.98. The van der Waals surface area contributed by atoms with Gasteiger partial charge >= 0.3 is 5.97 Å². The molecule has 0 aliphatic carbocycles. The molecular formula is C30H31FN4O3. The summed E-state index contributed by atoms with van der Waals surface area (Å²) in [6, 6.07) is 15.0. The monoisotopic (exact) mass is 514 g/mol. The Bertz CT molecular complexity index is 1450. The maximum absolute atomic E-state index is 13.8. The summed E-state index contributed by atoms with van der Waals surface area (Å²) < 4.78 is 15.8. The highest BCUT2D eigenvalue weighted by Gasteiger charge is 2.24. The summed E-state index contributed by atoms with van der Waals surface area (Å²) in [6.07, 6.45) is 6.34. The molecule has 2 aromatic heterocycles. The number of nitrogens with zero attached hydrogens (tertiary/aromatic N) is 2. The van der Waals surface area contributed by atoms with E-state index in [1.54, 1.807) is 13.1 Å². The number of carbonyl (C=O) groups is 2. The van der Waals surface area contributed by atoms with Gasteiger partial charge in [0.1, 0.15) is 17.7 Å². The number of rotatable bonds is 10. The molecule has 0 saturated heterocycles. The second-order valence-corrected chi connectivity index (χ2v) is 9.34. The normalized spacial score (nSPS) is 11.7. The van der Waals surface area contributed by atoms with Crippen LogP contribution in [0.1, 0.15) is 45.1 Å². The van der Waals surface area contributed by atoms with Gasteiger partial charge in [-0.3, -0.25) is 4.79 Å². The number of carboxylic acid groups (broad SMARTS) is 1. The Morgan fingerprint density at radius 3 is 2.50 bits per heavy atom.